The summed E-state index contributed by atoms with van der Waals surface area (Å²) in [5.74, 6) is 0. The topological polar surface area (TPSA) is 210 Å². The molecule has 56 valence electrons. The van der Waals surface area contributed by atoms with Crippen molar-refractivity contribution in [3.05, 3.63) is 0 Å². The molecule has 0 aliphatic rings. The standard InChI is InChI=1S/H3N.2H2O.4O.Si.Ta/h1H3;2*1H2;;;;;;/q;;;4*-2;+4;+5/p-1. The van der Waals surface area contributed by atoms with Crippen LogP contribution in [0.25, 0.3) is 0 Å². The van der Waals surface area contributed by atoms with E-state index >= 15 is 0 Å². The molecule has 0 radical (unpaired) electrons. The molecule has 0 bridgehead atoms. The van der Waals surface area contributed by atoms with Gasteiger partial charge >= 0.3 is 33.3 Å². The van der Waals surface area contributed by atoms with Crippen LogP contribution < -0.4 is 6.15 Å². The molecule has 9 heavy (non-hydrogen) atoms. The molecular formula is H6NO6SiTa. The zero-order valence-electron chi connectivity index (χ0n) is 4.23. The molecule has 0 rings (SSSR count). The van der Waals surface area contributed by atoms with Gasteiger partial charge in [-0.1, -0.05) is 0 Å². The van der Waals surface area contributed by atoms with Gasteiger partial charge in [-0.15, -0.1) is 0 Å². The Morgan fingerprint density at radius 1 is 0.667 bits per heavy atom. The largest absolute Gasteiger partial charge is 5.00 e. The van der Waals surface area contributed by atoms with E-state index in [-0.39, 0.29) is 72.4 Å². The average Bonchev–Trinajstić information content (AvgIpc) is 0. The maximum atomic E-state index is 0. The van der Waals surface area contributed by atoms with Gasteiger partial charge in [0.2, 0.25) is 0 Å². The summed E-state index contributed by atoms with van der Waals surface area (Å²) < 4.78 is 0. The van der Waals surface area contributed by atoms with Crippen LogP contribution in [-0.2, 0) is 44.3 Å². The van der Waals surface area contributed by atoms with E-state index in [4.69, 9.17) is 0 Å². The third kappa shape index (κ3) is 844. The van der Waals surface area contributed by atoms with Crippen molar-refractivity contribution >= 4 is 11.0 Å². The smallest absolute Gasteiger partial charge is 2.00 e. The minimum absolute atomic E-state index is 0. The Kier molecular flexibility index (Phi) is 197000. The molecule has 6 N–H and O–H groups in total. The van der Waals surface area contributed by atoms with Crippen LogP contribution in [0.2, 0.25) is 0 Å². The van der Waals surface area contributed by atoms with E-state index in [9.17, 15) is 0 Å². The summed E-state index contributed by atoms with van der Waals surface area (Å²) in [6, 6.07) is 0. The van der Waals surface area contributed by atoms with Gasteiger partial charge in [-0.2, -0.15) is 0 Å². The Hall–Kier alpha value is 0.677. The molecule has 0 aromatic carbocycles. The number of hydrogen-bond acceptors (Lipinski definition) is 2. The van der Waals surface area contributed by atoms with Crippen molar-refractivity contribution in [3.63, 3.8) is 0 Å². The van der Waals surface area contributed by atoms with Crippen LogP contribution in [0.4, 0.5) is 0 Å². The Morgan fingerprint density at radius 2 is 0.667 bits per heavy atom. The van der Waals surface area contributed by atoms with Gasteiger partial charge in [-0.05, 0) is 0 Å². The summed E-state index contributed by atoms with van der Waals surface area (Å²) in [4.78, 5) is 0. The molecule has 0 atom stereocenters. The summed E-state index contributed by atoms with van der Waals surface area (Å²) in [6.45, 7) is 0. The molecule has 0 heterocycles. The Bertz CT molecular complexity index is 13.0. The van der Waals surface area contributed by atoms with E-state index in [0.29, 0.717) is 0 Å². The minimum atomic E-state index is 0. The molecule has 0 aliphatic carbocycles. The molecule has 0 spiro atoms. The maximum absolute atomic E-state index is 0. The molecule has 7 nitrogen and oxygen atoms in total. The molecule has 0 saturated heterocycles. The summed E-state index contributed by atoms with van der Waals surface area (Å²) >= 11 is 0. The second-order valence-electron chi connectivity index (χ2n) is 0. The third-order valence-electron chi connectivity index (χ3n) is 0. The number of rotatable bonds is 0. The first-order valence-electron chi connectivity index (χ1n) is 0. The maximum Gasteiger partial charge on any atom is 5.00 e. The molecule has 0 saturated carbocycles. The van der Waals surface area contributed by atoms with E-state index in [1.807, 2.05) is 0 Å². The summed E-state index contributed by atoms with van der Waals surface area (Å²) in [5, 5.41) is 0. The van der Waals surface area contributed by atoms with E-state index < -0.39 is 0 Å². The van der Waals surface area contributed by atoms with Gasteiger partial charge in [0.1, 0.15) is 0 Å². The van der Waals surface area contributed by atoms with Gasteiger partial charge in [0.05, 0.1) is 0 Å². The predicted molar refractivity (Wildman–Crippen MR) is 19.1 cm³/mol. The molecule has 0 amide bonds. The summed E-state index contributed by atoms with van der Waals surface area (Å²) in [5.41, 5.74) is 0. The fraction of sp³-hybridized carbons (Fsp3) is 0. The summed E-state index contributed by atoms with van der Waals surface area (Å²) in [6.07, 6.45) is 0. The van der Waals surface area contributed by atoms with Gasteiger partial charge in [0, 0.05) is 0 Å². The van der Waals surface area contributed by atoms with Crippen molar-refractivity contribution < 1.29 is 55.2 Å². The van der Waals surface area contributed by atoms with Gasteiger partial charge < -0.3 is 39.0 Å². The van der Waals surface area contributed by atoms with Gasteiger partial charge in [-0.3, -0.25) is 0 Å². The fourth-order valence-electron chi connectivity index (χ4n) is 0. The Labute approximate surface area is 72.8 Å². The molecule has 0 fully saturated rings. The van der Waals surface area contributed by atoms with Gasteiger partial charge in [0.25, 0.3) is 0 Å². The predicted octanol–water partition coefficient (Wildman–Crippen LogP) is -1.70. The molecule has 0 aromatic rings. The zero-order valence-corrected chi connectivity index (χ0v) is 8.45. The Morgan fingerprint density at radius 3 is 0.667 bits per heavy atom. The van der Waals surface area contributed by atoms with Crippen LogP contribution in [-0.4, -0.2) is 21.9 Å². The van der Waals surface area contributed by atoms with Crippen LogP contribution in [0.1, 0.15) is 0 Å². The van der Waals surface area contributed by atoms with E-state index in [1.165, 1.54) is 0 Å². The van der Waals surface area contributed by atoms with Crippen molar-refractivity contribution in [2.75, 3.05) is 0 Å². The molecule has 0 unspecified atom stereocenters. The van der Waals surface area contributed by atoms with Crippen molar-refractivity contribution in [2.24, 2.45) is 0 Å². The first kappa shape index (κ1) is 1590. The van der Waals surface area contributed by atoms with Crippen LogP contribution in [0.3, 0.4) is 0 Å². The van der Waals surface area contributed by atoms with Crippen molar-refractivity contribution in [2.45, 2.75) is 0 Å². The van der Waals surface area contributed by atoms with Gasteiger partial charge in [-0.25, -0.2) is 0 Å². The van der Waals surface area contributed by atoms with Crippen LogP contribution in [0, 0.1) is 0 Å². The van der Waals surface area contributed by atoms with E-state index in [2.05, 4.69) is 0 Å². The van der Waals surface area contributed by atoms with E-state index in [0.717, 1.165) is 0 Å². The Balaban J connectivity index is 0. The minimum Gasteiger partial charge on any atom is -2.00 e. The molecular weight excluding hydrogens is 319 g/mol. The van der Waals surface area contributed by atoms with Crippen molar-refractivity contribution in [1.82, 2.24) is 6.15 Å². The second-order valence-corrected chi connectivity index (χ2v) is 0. The first-order chi connectivity index (χ1) is 0. The van der Waals surface area contributed by atoms with Crippen molar-refractivity contribution in [3.8, 4) is 0 Å². The molecule has 9 heteroatoms. The number of hydrogen-bond donors (Lipinski definition) is 1. The van der Waals surface area contributed by atoms with Crippen molar-refractivity contribution in [1.29, 1.82) is 0 Å². The van der Waals surface area contributed by atoms with Crippen LogP contribution in [0.5, 0.6) is 0 Å². The second kappa shape index (κ2) is 1120. The fourth-order valence-corrected chi connectivity index (χ4v) is 0. The van der Waals surface area contributed by atoms with E-state index in [1.54, 1.807) is 0 Å². The first-order valence-corrected chi connectivity index (χ1v) is 0. The zero-order chi connectivity index (χ0) is 0. The van der Waals surface area contributed by atoms with Gasteiger partial charge in [0.15, 0.2) is 0 Å². The SMILES string of the molecule is N.O.[O-2].[O-2].[O-2].[O-2].[OH-].[Si+4].[Ta+5]. The third-order valence-corrected chi connectivity index (χ3v) is 0. The average molecular weight is 325 g/mol. The molecule has 0 aliphatic heterocycles. The monoisotopic (exact) mass is 325 g/mol. The quantitative estimate of drug-likeness (QED) is 0.516. The normalized spacial score (nSPS) is 0. The molecule has 0 aromatic heterocycles. The van der Waals surface area contributed by atoms with Crippen LogP contribution >= 0.6 is 0 Å². The van der Waals surface area contributed by atoms with Crippen LogP contribution in [0.15, 0.2) is 0 Å². The summed E-state index contributed by atoms with van der Waals surface area (Å²) in [7, 11) is 0.